The first kappa shape index (κ1) is 18.0. The van der Waals surface area contributed by atoms with Crippen molar-refractivity contribution in [3.05, 3.63) is 70.1 Å². The van der Waals surface area contributed by atoms with Crippen molar-refractivity contribution in [2.75, 3.05) is 4.90 Å². The highest BCUT2D eigenvalue weighted by Crippen LogP contribution is 2.39. The van der Waals surface area contributed by atoms with E-state index in [9.17, 15) is 9.59 Å². The largest absolute Gasteiger partial charge is 0.272 e. The smallest absolute Gasteiger partial charge is 0.268 e. The van der Waals surface area contributed by atoms with Gasteiger partial charge in [0.05, 0.1) is 27.8 Å². The van der Waals surface area contributed by atoms with Gasteiger partial charge in [-0.15, -0.1) is 11.8 Å². The summed E-state index contributed by atoms with van der Waals surface area (Å²) in [6.45, 7) is 5.96. The van der Waals surface area contributed by atoms with Crippen LogP contribution in [0.5, 0.6) is 0 Å². The Morgan fingerprint density at radius 3 is 2.12 bits per heavy atom. The minimum atomic E-state index is -0.327. The molecule has 2 aromatic carbocycles. The van der Waals surface area contributed by atoms with E-state index >= 15 is 0 Å². The molecule has 3 rings (SSSR count). The average Bonchev–Trinajstić information content (AvgIpc) is 2.86. The van der Waals surface area contributed by atoms with Gasteiger partial charge in [0.2, 0.25) is 0 Å². The molecule has 0 aromatic heterocycles. The van der Waals surface area contributed by atoms with E-state index in [-0.39, 0.29) is 17.1 Å². The highest BCUT2D eigenvalue weighted by atomic mass is 32.2. The first-order valence-corrected chi connectivity index (χ1v) is 9.17. The molecule has 1 heterocycles. The summed E-state index contributed by atoms with van der Waals surface area (Å²) in [5, 5.41) is 9.11. The summed E-state index contributed by atoms with van der Waals surface area (Å²) in [5.41, 5.74) is 3.23. The number of nitrogens with zero attached hydrogens (tertiary/aromatic N) is 2. The van der Waals surface area contributed by atoms with Crippen LogP contribution in [-0.2, 0) is 9.59 Å². The maximum Gasteiger partial charge on any atom is 0.272 e. The van der Waals surface area contributed by atoms with Crippen LogP contribution in [-0.4, -0.2) is 17.1 Å². The van der Waals surface area contributed by atoms with E-state index in [0.717, 1.165) is 11.1 Å². The summed E-state index contributed by atoms with van der Waals surface area (Å²) in [6.07, 6.45) is 0. The molecule has 0 N–H and O–H groups in total. The van der Waals surface area contributed by atoms with Crippen LogP contribution < -0.4 is 4.90 Å². The molecule has 2 aromatic rings. The van der Waals surface area contributed by atoms with Crippen molar-refractivity contribution in [3.8, 4) is 6.07 Å². The lowest BCUT2D eigenvalue weighted by molar-refractivity contribution is -0.119. The van der Waals surface area contributed by atoms with Gasteiger partial charge in [-0.05, 0) is 36.8 Å². The topological polar surface area (TPSA) is 61.2 Å². The van der Waals surface area contributed by atoms with Crippen molar-refractivity contribution in [3.63, 3.8) is 0 Å². The molecule has 0 radical (unpaired) electrons. The molecule has 26 heavy (non-hydrogen) atoms. The number of hydrogen-bond donors (Lipinski definition) is 0. The van der Waals surface area contributed by atoms with Crippen LogP contribution >= 0.6 is 11.8 Å². The standard InChI is InChI=1S/C21H18N2O2S/c1-13(2)26-19-18(16-8-4-14(3)5-9-16)20(24)23(21(19)25)17-10-6-15(12-22)7-11-17/h4-11,13H,1-3H3. The Labute approximate surface area is 157 Å². The van der Waals surface area contributed by atoms with Crippen LogP contribution in [0.4, 0.5) is 5.69 Å². The Hall–Kier alpha value is -2.84. The maximum atomic E-state index is 13.1. The predicted octanol–water partition coefficient (Wildman–Crippen LogP) is 4.29. The Kier molecular flexibility index (Phi) is 4.97. The predicted molar refractivity (Wildman–Crippen MR) is 104 cm³/mol. The van der Waals surface area contributed by atoms with Crippen LogP contribution in [0.2, 0.25) is 0 Å². The lowest BCUT2D eigenvalue weighted by Crippen LogP contribution is -2.31. The number of nitriles is 1. The minimum absolute atomic E-state index is 0.170. The highest BCUT2D eigenvalue weighted by molar-refractivity contribution is 8.04. The van der Waals surface area contributed by atoms with Crippen LogP contribution in [0.25, 0.3) is 5.57 Å². The molecule has 0 bridgehead atoms. The van der Waals surface area contributed by atoms with Crippen LogP contribution in [0.1, 0.15) is 30.5 Å². The summed E-state index contributed by atoms with van der Waals surface area (Å²) in [4.78, 5) is 27.8. The number of benzene rings is 2. The quantitative estimate of drug-likeness (QED) is 0.761. The molecule has 0 fully saturated rings. The summed E-state index contributed by atoms with van der Waals surface area (Å²) in [7, 11) is 0. The molecule has 0 atom stereocenters. The van der Waals surface area contributed by atoms with Gasteiger partial charge in [-0.3, -0.25) is 9.59 Å². The monoisotopic (exact) mass is 362 g/mol. The fraction of sp³-hybridized carbons (Fsp3) is 0.190. The third-order valence-electron chi connectivity index (χ3n) is 3.99. The zero-order valence-electron chi connectivity index (χ0n) is 14.8. The van der Waals surface area contributed by atoms with Crippen molar-refractivity contribution < 1.29 is 9.59 Å². The Morgan fingerprint density at radius 2 is 1.58 bits per heavy atom. The highest BCUT2D eigenvalue weighted by Gasteiger charge is 2.40. The van der Waals surface area contributed by atoms with E-state index in [1.807, 2.05) is 51.1 Å². The van der Waals surface area contributed by atoms with E-state index in [4.69, 9.17) is 5.26 Å². The van der Waals surface area contributed by atoms with E-state index in [1.54, 1.807) is 24.3 Å². The zero-order valence-corrected chi connectivity index (χ0v) is 15.6. The first-order valence-electron chi connectivity index (χ1n) is 8.29. The lowest BCUT2D eigenvalue weighted by atomic mass is 10.0. The minimum Gasteiger partial charge on any atom is -0.268 e. The second kappa shape index (κ2) is 7.19. The zero-order chi connectivity index (χ0) is 18.8. The van der Waals surface area contributed by atoms with Gasteiger partial charge < -0.3 is 0 Å². The molecule has 5 heteroatoms. The van der Waals surface area contributed by atoms with E-state index in [0.29, 0.717) is 21.7 Å². The van der Waals surface area contributed by atoms with E-state index in [1.165, 1.54) is 16.7 Å². The second-order valence-corrected chi connectivity index (χ2v) is 7.93. The van der Waals surface area contributed by atoms with Crippen molar-refractivity contribution in [1.82, 2.24) is 0 Å². The average molecular weight is 362 g/mol. The van der Waals surface area contributed by atoms with Crippen LogP contribution in [0.3, 0.4) is 0 Å². The third kappa shape index (κ3) is 3.29. The number of imide groups is 1. The SMILES string of the molecule is Cc1ccc(C2=C(SC(C)C)C(=O)N(c3ccc(C#N)cc3)C2=O)cc1. The molecule has 0 spiro atoms. The van der Waals surface area contributed by atoms with Gasteiger partial charge in [0.25, 0.3) is 11.8 Å². The van der Waals surface area contributed by atoms with Crippen LogP contribution in [0, 0.1) is 18.3 Å². The molecule has 4 nitrogen and oxygen atoms in total. The van der Waals surface area contributed by atoms with Crippen molar-refractivity contribution >= 4 is 34.8 Å². The fourth-order valence-electron chi connectivity index (χ4n) is 2.75. The molecule has 0 saturated heterocycles. The number of carbonyl (C=O) groups is 2. The van der Waals surface area contributed by atoms with E-state index in [2.05, 4.69) is 0 Å². The van der Waals surface area contributed by atoms with Gasteiger partial charge in [0.1, 0.15) is 0 Å². The van der Waals surface area contributed by atoms with Crippen molar-refractivity contribution in [2.45, 2.75) is 26.0 Å². The normalized spacial score (nSPS) is 14.3. The maximum absolute atomic E-state index is 13.1. The summed E-state index contributed by atoms with van der Waals surface area (Å²) < 4.78 is 0. The number of amides is 2. The molecule has 0 aliphatic carbocycles. The number of hydrogen-bond acceptors (Lipinski definition) is 4. The number of aryl methyl sites for hydroxylation is 1. The molecule has 0 saturated carbocycles. The Balaban J connectivity index is 2.07. The lowest BCUT2D eigenvalue weighted by Gasteiger charge is -2.15. The van der Waals surface area contributed by atoms with Crippen LogP contribution in [0.15, 0.2) is 53.4 Å². The van der Waals surface area contributed by atoms with Gasteiger partial charge in [-0.1, -0.05) is 43.7 Å². The van der Waals surface area contributed by atoms with Gasteiger partial charge in [0, 0.05) is 5.25 Å². The molecule has 0 unspecified atom stereocenters. The Morgan fingerprint density at radius 1 is 0.962 bits per heavy atom. The van der Waals surface area contributed by atoms with Gasteiger partial charge in [-0.2, -0.15) is 5.26 Å². The van der Waals surface area contributed by atoms with Gasteiger partial charge >= 0.3 is 0 Å². The number of anilines is 1. The van der Waals surface area contributed by atoms with Crippen molar-refractivity contribution in [1.29, 1.82) is 5.26 Å². The third-order valence-corrected chi connectivity index (χ3v) is 5.08. The van der Waals surface area contributed by atoms with Gasteiger partial charge in [-0.25, -0.2) is 4.90 Å². The first-order chi connectivity index (χ1) is 12.4. The van der Waals surface area contributed by atoms with Crippen molar-refractivity contribution in [2.24, 2.45) is 0 Å². The molecule has 2 amide bonds. The Bertz CT molecular complexity index is 935. The molecule has 1 aliphatic rings. The molecule has 1 aliphatic heterocycles. The fourth-order valence-corrected chi connectivity index (χ4v) is 3.74. The summed E-state index contributed by atoms with van der Waals surface area (Å²) in [6, 6.07) is 16.1. The summed E-state index contributed by atoms with van der Waals surface area (Å²) >= 11 is 1.40. The number of rotatable bonds is 4. The number of thioether (sulfide) groups is 1. The number of carbonyl (C=O) groups excluding carboxylic acids is 2. The molecular formula is C21H18N2O2S. The van der Waals surface area contributed by atoms with E-state index < -0.39 is 0 Å². The second-order valence-electron chi connectivity index (χ2n) is 6.34. The molecule has 130 valence electrons. The summed E-state index contributed by atoms with van der Waals surface area (Å²) in [5.74, 6) is -0.638. The molecular weight excluding hydrogens is 344 g/mol. The van der Waals surface area contributed by atoms with Gasteiger partial charge in [0.15, 0.2) is 0 Å².